The van der Waals surface area contributed by atoms with Crippen LogP contribution in [-0.4, -0.2) is 41.6 Å². The van der Waals surface area contributed by atoms with Crippen molar-refractivity contribution in [3.8, 4) is 11.5 Å². The summed E-state index contributed by atoms with van der Waals surface area (Å²) in [7, 11) is 1.63. The lowest BCUT2D eigenvalue weighted by molar-refractivity contribution is 0.0933. The highest BCUT2D eigenvalue weighted by atomic mass is 16.5. The quantitative estimate of drug-likeness (QED) is 0.883. The summed E-state index contributed by atoms with van der Waals surface area (Å²) in [6, 6.07) is 5.85. The van der Waals surface area contributed by atoms with Crippen LogP contribution < -0.4 is 14.8 Å². The molecule has 116 valence electrons. The molecular formula is C15H18N4O3. The summed E-state index contributed by atoms with van der Waals surface area (Å²) in [5, 5.41) is 13.0. The predicted octanol–water partition coefficient (Wildman–Crippen LogP) is 1.10. The second kappa shape index (κ2) is 6.05. The number of hydrogen-bond acceptors (Lipinski definition) is 5. The Hall–Kier alpha value is -2.57. The molecule has 1 aromatic carbocycles. The first-order valence-corrected chi connectivity index (χ1v) is 7.13. The number of carbonyl (C=O) groups is 1. The van der Waals surface area contributed by atoms with Gasteiger partial charge in [0.25, 0.3) is 5.91 Å². The molecule has 0 aliphatic carbocycles. The molecule has 2 N–H and O–H groups in total. The zero-order valence-electron chi connectivity index (χ0n) is 12.5. The Morgan fingerprint density at radius 3 is 3.09 bits per heavy atom. The summed E-state index contributed by atoms with van der Waals surface area (Å²) >= 11 is 0. The fourth-order valence-electron chi connectivity index (χ4n) is 2.57. The second-order valence-corrected chi connectivity index (χ2v) is 5.30. The van der Waals surface area contributed by atoms with E-state index in [1.165, 1.54) is 0 Å². The summed E-state index contributed by atoms with van der Waals surface area (Å²) in [5.74, 6) is 1.55. The highest BCUT2D eigenvalue weighted by Crippen LogP contribution is 2.35. The smallest absolute Gasteiger partial charge is 0.273 e. The summed E-state index contributed by atoms with van der Waals surface area (Å²) in [4.78, 5) is 12.0. The highest BCUT2D eigenvalue weighted by Gasteiger charge is 2.23. The number of nitrogens with one attached hydrogen (secondary N) is 2. The zero-order valence-corrected chi connectivity index (χ0v) is 12.5. The van der Waals surface area contributed by atoms with Gasteiger partial charge in [0, 0.05) is 12.5 Å². The number of ether oxygens (including phenoxy) is 2. The van der Waals surface area contributed by atoms with Gasteiger partial charge in [-0.25, -0.2) is 0 Å². The van der Waals surface area contributed by atoms with Crippen LogP contribution in [0, 0.1) is 12.8 Å². The third-order valence-corrected chi connectivity index (χ3v) is 3.74. The van der Waals surface area contributed by atoms with Crippen LogP contribution in [0.5, 0.6) is 11.5 Å². The third kappa shape index (κ3) is 2.74. The van der Waals surface area contributed by atoms with Crippen molar-refractivity contribution in [2.75, 3.05) is 20.3 Å². The molecule has 7 nitrogen and oxygen atoms in total. The third-order valence-electron chi connectivity index (χ3n) is 3.74. The lowest BCUT2D eigenvalue weighted by atomic mass is 9.96. The Balaban J connectivity index is 1.61. The number of carbonyl (C=O) groups excluding carboxylic acids is 1. The minimum Gasteiger partial charge on any atom is -0.493 e. The van der Waals surface area contributed by atoms with Crippen LogP contribution in [0.3, 0.4) is 0 Å². The first-order valence-electron chi connectivity index (χ1n) is 7.13. The summed E-state index contributed by atoms with van der Waals surface area (Å²) < 4.78 is 11.1. The monoisotopic (exact) mass is 302 g/mol. The van der Waals surface area contributed by atoms with Crippen LogP contribution in [0.15, 0.2) is 18.2 Å². The van der Waals surface area contributed by atoms with Gasteiger partial charge in [-0.3, -0.25) is 4.79 Å². The van der Waals surface area contributed by atoms with E-state index in [2.05, 4.69) is 20.7 Å². The van der Waals surface area contributed by atoms with E-state index in [4.69, 9.17) is 9.47 Å². The van der Waals surface area contributed by atoms with Gasteiger partial charge < -0.3 is 14.8 Å². The van der Waals surface area contributed by atoms with Gasteiger partial charge in [0.1, 0.15) is 0 Å². The molecule has 0 radical (unpaired) electrons. The molecule has 0 saturated carbocycles. The molecule has 0 unspecified atom stereocenters. The van der Waals surface area contributed by atoms with E-state index < -0.39 is 0 Å². The van der Waals surface area contributed by atoms with Crippen LogP contribution in [0.25, 0.3) is 0 Å². The molecule has 0 spiro atoms. The summed E-state index contributed by atoms with van der Waals surface area (Å²) in [5.41, 5.74) is 2.02. The number of methoxy groups -OCH3 is 1. The number of H-pyrrole nitrogens is 1. The Labute approximate surface area is 128 Å². The molecule has 1 aliphatic rings. The van der Waals surface area contributed by atoms with Gasteiger partial charge in [0.15, 0.2) is 17.2 Å². The molecule has 22 heavy (non-hydrogen) atoms. The predicted molar refractivity (Wildman–Crippen MR) is 79.1 cm³/mol. The minimum atomic E-state index is -0.220. The molecule has 7 heteroatoms. The van der Waals surface area contributed by atoms with E-state index in [1.54, 1.807) is 14.0 Å². The van der Waals surface area contributed by atoms with Crippen LogP contribution in [0.2, 0.25) is 0 Å². The SMILES string of the molecule is COc1cccc2c1OC[C@@H](CNC(=O)c1n[nH]nc1C)C2. The van der Waals surface area contributed by atoms with E-state index in [1.807, 2.05) is 18.2 Å². The Kier molecular flexibility index (Phi) is 3.95. The largest absolute Gasteiger partial charge is 0.493 e. The first kappa shape index (κ1) is 14.4. The summed E-state index contributed by atoms with van der Waals surface area (Å²) in [6.45, 7) is 2.82. The van der Waals surface area contributed by atoms with E-state index >= 15 is 0 Å². The molecule has 0 bridgehead atoms. The molecular weight excluding hydrogens is 284 g/mol. The van der Waals surface area contributed by atoms with E-state index in [-0.39, 0.29) is 11.8 Å². The zero-order chi connectivity index (χ0) is 15.5. The Morgan fingerprint density at radius 2 is 2.36 bits per heavy atom. The Bertz CT molecular complexity index is 683. The van der Waals surface area contributed by atoms with Crippen LogP contribution in [0.4, 0.5) is 0 Å². The highest BCUT2D eigenvalue weighted by molar-refractivity contribution is 5.93. The van der Waals surface area contributed by atoms with Crippen LogP contribution in [0.1, 0.15) is 21.7 Å². The van der Waals surface area contributed by atoms with Gasteiger partial charge in [-0.05, 0) is 25.0 Å². The fourth-order valence-corrected chi connectivity index (χ4v) is 2.57. The molecule has 1 amide bonds. The molecule has 3 rings (SSSR count). The van der Waals surface area contributed by atoms with Gasteiger partial charge in [0.2, 0.25) is 0 Å². The van der Waals surface area contributed by atoms with E-state index in [0.717, 1.165) is 23.5 Å². The number of benzene rings is 1. The van der Waals surface area contributed by atoms with Gasteiger partial charge in [-0.1, -0.05) is 12.1 Å². The number of rotatable bonds is 4. The average molecular weight is 302 g/mol. The lowest BCUT2D eigenvalue weighted by Gasteiger charge is -2.26. The Morgan fingerprint density at radius 1 is 1.50 bits per heavy atom. The number of fused-ring (bicyclic) bond motifs is 1. The maximum atomic E-state index is 12.0. The number of hydrogen-bond donors (Lipinski definition) is 2. The normalized spacial score (nSPS) is 16.5. The van der Waals surface area contributed by atoms with Gasteiger partial charge in [-0.2, -0.15) is 15.4 Å². The summed E-state index contributed by atoms with van der Waals surface area (Å²) in [6.07, 6.45) is 0.838. The molecule has 0 fully saturated rings. The van der Waals surface area contributed by atoms with Crippen molar-refractivity contribution in [2.45, 2.75) is 13.3 Å². The van der Waals surface area contributed by atoms with Crippen molar-refractivity contribution in [2.24, 2.45) is 5.92 Å². The van der Waals surface area contributed by atoms with Crippen molar-refractivity contribution < 1.29 is 14.3 Å². The van der Waals surface area contributed by atoms with Gasteiger partial charge in [0.05, 0.1) is 19.4 Å². The maximum Gasteiger partial charge on any atom is 0.273 e. The van der Waals surface area contributed by atoms with Crippen molar-refractivity contribution in [3.05, 3.63) is 35.2 Å². The van der Waals surface area contributed by atoms with E-state index in [0.29, 0.717) is 24.5 Å². The minimum absolute atomic E-state index is 0.218. The van der Waals surface area contributed by atoms with Crippen molar-refractivity contribution in [1.29, 1.82) is 0 Å². The molecule has 1 aliphatic heterocycles. The number of aryl methyl sites for hydroxylation is 1. The number of para-hydroxylation sites is 1. The van der Waals surface area contributed by atoms with Crippen molar-refractivity contribution >= 4 is 5.91 Å². The van der Waals surface area contributed by atoms with Crippen molar-refractivity contribution in [3.63, 3.8) is 0 Å². The number of aromatic nitrogens is 3. The fraction of sp³-hybridized carbons (Fsp3) is 0.400. The standard InChI is InChI=1S/C15H18N4O3/c1-9-13(18-19-17-9)15(20)16-7-10-6-11-4-3-5-12(21-2)14(11)22-8-10/h3-5,10H,6-8H2,1-2H3,(H,16,20)(H,17,18,19)/t10-/m1/s1. The topological polar surface area (TPSA) is 89.1 Å². The molecule has 2 heterocycles. The number of amides is 1. The van der Waals surface area contributed by atoms with Gasteiger partial charge in [-0.15, -0.1) is 0 Å². The van der Waals surface area contributed by atoms with Gasteiger partial charge >= 0.3 is 0 Å². The second-order valence-electron chi connectivity index (χ2n) is 5.30. The average Bonchev–Trinajstić information content (AvgIpc) is 2.97. The maximum absolute atomic E-state index is 12.0. The molecule has 0 saturated heterocycles. The number of nitrogens with zero attached hydrogens (tertiary/aromatic N) is 2. The molecule has 1 aromatic heterocycles. The van der Waals surface area contributed by atoms with E-state index in [9.17, 15) is 4.79 Å². The number of aromatic amines is 1. The van der Waals surface area contributed by atoms with Crippen molar-refractivity contribution in [1.82, 2.24) is 20.7 Å². The van der Waals surface area contributed by atoms with Crippen LogP contribution in [-0.2, 0) is 6.42 Å². The molecule has 2 aromatic rings. The van der Waals surface area contributed by atoms with Crippen LogP contribution >= 0.6 is 0 Å². The molecule has 1 atom stereocenters. The lowest BCUT2D eigenvalue weighted by Crippen LogP contribution is -2.35. The first-order chi connectivity index (χ1) is 10.7.